The Morgan fingerprint density at radius 3 is 2.61 bits per heavy atom. The van der Waals surface area contributed by atoms with Crippen LogP contribution in [0.3, 0.4) is 0 Å². The van der Waals surface area contributed by atoms with Gasteiger partial charge in [0.2, 0.25) is 5.95 Å². The highest BCUT2D eigenvalue weighted by Gasteiger charge is 2.20. The van der Waals surface area contributed by atoms with E-state index in [1.807, 2.05) is 51.1 Å². The van der Waals surface area contributed by atoms with Crippen molar-refractivity contribution in [3.63, 3.8) is 0 Å². The molecule has 3 heterocycles. The number of ether oxygens (including phenoxy) is 1. The van der Waals surface area contributed by atoms with Crippen LogP contribution in [0.1, 0.15) is 41.5 Å². The summed E-state index contributed by atoms with van der Waals surface area (Å²) in [6, 6.07) is 19.7. The number of fused-ring (bicyclic) bond motifs is 1. The van der Waals surface area contributed by atoms with Crippen LogP contribution in [0, 0.1) is 0 Å². The number of esters is 1. The molecule has 0 atom stereocenters. The van der Waals surface area contributed by atoms with Crippen molar-refractivity contribution in [1.29, 1.82) is 0 Å². The number of H-pyrrole nitrogens is 1. The van der Waals surface area contributed by atoms with E-state index in [0.29, 0.717) is 50.7 Å². The second kappa shape index (κ2) is 9.14. The largest absolute Gasteiger partial charge is 0.463 e. The third-order valence-corrected chi connectivity index (χ3v) is 5.35. The van der Waals surface area contributed by atoms with Crippen LogP contribution in [0.15, 0.2) is 83.6 Å². The topological polar surface area (TPSA) is 110 Å². The summed E-state index contributed by atoms with van der Waals surface area (Å²) in [5.41, 5.74) is 2.77. The summed E-state index contributed by atoms with van der Waals surface area (Å²) in [4.78, 5) is 38.0. The molecule has 0 saturated heterocycles. The number of hydrogen-bond acceptors (Lipinski definition) is 6. The van der Waals surface area contributed by atoms with E-state index in [0.717, 1.165) is 0 Å². The summed E-state index contributed by atoms with van der Waals surface area (Å²) in [6.07, 6.45) is 3.16. The highest BCUT2D eigenvalue weighted by atomic mass is 16.6. The number of rotatable bonds is 5. The smallest absolute Gasteiger partial charge is 0.338 e. The maximum absolute atomic E-state index is 13.3. The van der Waals surface area contributed by atoms with Gasteiger partial charge < -0.3 is 14.1 Å². The number of aromatic nitrogens is 3. The monoisotopic (exact) mass is 480 g/mol. The van der Waals surface area contributed by atoms with E-state index in [2.05, 4.69) is 15.3 Å². The summed E-state index contributed by atoms with van der Waals surface area (Å²) in [6.45, 7) is 5.46. The third-order valence-electron chi connectivity index (χ3n) is 5.35. The Balaban J connectivity index is 1.49. The van der Waals surface area contributed by atoms with Crippen LogP contribution in [0.5, 0.6) is 0 Å². The normalized spacial score (nSPS) is 11.4. The molecule has 0 radical (unpaired) electrons. The second-order valence-electron chi connectivity index (χ2n) is 9.23. The summed E-state index contributed by atoms with van der Waals surface area (Å²) in [7, 11) is 0. The van der Waals surface area contributed by atoms with E-state index < -0.39 is 11.6 Å². The molecular formula is C28H24N4O4. The maximum atomic E-state index is 13.3. The molecule has 8 nitrogen and oxygen atoms in total. The first-order chi connectivity index (χ1) is 17.3. The van der Waals surface area contributed by atoms with Crippen LogP contribution < -0.4 is 5.32 Å². The minimum absolute atomic E-state index is 0.292. The van der Waals surface area contributed by atoms with Crippen LogP contribution in [0.4, 0.5) is 5.95 Å². The number of anilines is 1. The molecule has 180 valence electrons. The van der Waals surface area contributed by atoms with E-state index in [1.165, 1.54) is 0 Å². The van der Waals surface area contributed by atoms with Crippen molar-refractivity contribution in [2.45, 2.75) is 26.4 Å². The lowest BCUT2D eigenvalue weighted by Crippen LogP contribution is -2.23. The molecule has 5 rings (SSSR count). The van der Waals surface area contributed by atoms with Crippen molar-refractivity contribution < 1.29 is 18.7 Å². The molecule has 0 unspecified atom stereocenters. The molecule has 0 aliphatic rings. The summed E-state index contributed by atoms with van der Waals surface area (Å²) in [5, 5.41) is 3.51. The lowest BCUT2D eigenvalue weighted by molar-refractivity contribution is 0.00694. The number of benzene rings is 2. The number of para-hydroxylation sites is 1. The van der Waals surface area contributed by atoms with Crippen molar-refractivity contribution in [3.8, 4) is 22.7 Å². The average Bonchev–Trinajstić information content (AvgIpc) is 3.54. The highest BCUT2D eigenvalue weighted by Crippen LogP contribution is 2.27. The highest BCUT2D eigenvalue weighted by molar-refractivity contribution is 6.12. The number of imidazole rings is 1. The Morgan fingerprint density at radius 1 is 1.00 bits per heavy atom. The molecule has 36 heavy (non-hydrogen) atoms. The van der Waals surface area contributed by atoms with Crippen molar-refractivity contribution >= 4 is 28.7 Å². The number of aromatic amines is 1. The first-order valence-electron chi connectivity index (χ1n) is 11.4. The number of nitrogens with one attached hydrogen (secondary N) is 2. The lowest BCUT2D eigenvalue weighted by atomic mass is 10.0. The van der Waals surface area contributed by atoms with Crippen LogP contribution in [0.2, 0.25) is 0 Å². The third kappa shape index (κ3) is 4.88. The quantitative estimate of drug-likeness (QED) is 0.295. The Morgan fingerprint density at radius 2 is 1.83 bits per heavy atom. The van der Waals surface area contributed by atoms with E-state index in [1.54, 1.807) is 48.9 Å². The van der Waals surface area contributed by atoms with Gasteiger partial charge in [-0.2, -0.15) is 0 Å². The van der Waals surface area contributed by atoms with Crippen molar-refractivity contribution in [1.82, 2.24) is 15.0 Å². The zero-order valence-corrected chi connectivity index (χ0v) is 20.0. The van der Waals surface area contributed by atoms with Crippen LogP contribution in [-0.4, -0.2) is 32.4 Å². The zero-order valence-electron chi connectivity index (χ0n) is 20.0. The van der Waals surface area contributed by atoms with E-state index in [4.69, 9.17) is 14.1 Å². The van der Waals surface area contributed by atoms with Gasteiger partial charge in [-0.3, -0.25) is 10.1 Å². The van der Waals surface area contributed by atoms with Gasteiger partial charge in [0.25, 0.3) is 5.91 Å². The molecule has 2 aromatic carbocycles. The molecule has 5 aromatic rings. The number of pyridine rings is 1. The van der Waals surface area contributed by atoms with Gasteiger partial charge >= 0.3 is 5.97 Å². The van der Waals surface area contributed by atoms with Gasteiger partial charge in [0, 0.05) is 10.9 Å². The maximum Gasteiger partial charge on any atom is 0.338 e. The van der Waals surface area contributed by atoms with Crippen molar-refractivity contribution in [3.05, 3.63) is 90.3 Å². The number of nitrogens with zero attached hydrogens (tertiary/aromatic N) is 2. The molecule has 0 saturated carbocycles. The fourth-order valence-electron chi connectivity index (χ4n) is 3.77. The zero-order chi connectivity index (χ0) is 25.3. The molecule has 3 aromatic heterocycles. The number of carbonyl (C=O) groups excluding carboxylic acids is 2. The van der Waals surface area contributed by atoms with Crippen LogP contribution >= 0.6 is 0 Å². The van der Waals surface area contributed by atoms with Crippen LogP contribution in [0.25, 0.3) is 33.6 Å². The first-order valence-corrected chi connectivity index (χ1v) is 11.4. The van der Waals surface area contributed by atoms with Crippen molar-refractivity contribution in [2.24, 2.45) is 0 Å². The Labute approximate surface area is 207 Å². The number of amides is 1. The lowest BCUT2D eigenvalue weighted by Gasteiger charge is -2.19. The Hall–Kier alpha value is -4.72. The Kier molecular flexibility index (Phi) is 5.85. The molecule has 8 heteroatoms. The predicted molar refractivity (Wildman–Crippen MR) is 137 cm³/mol. The second-order valence-corrected chi connectivity index (χ2v) is 9.23. The predicted octanol–water partition coefficient (Wildman–Crippen LogP) is 6.09. The standard InChI is InChI=1S/C28H24N4O4/c1-28(2,3)36-26(34)18-9-6-8-17(14-18)22-15-20(19-10-4-5-11-21(19)30-22)25(33)32-27-29-16-23(31-27)24-12-7-13-35-24/h4-16H,1-3H3,(H2,29,31,32,33). The minimum atomic E-state index is -0.609. The van der Waals surface area contributed by atoms with Gasteiger partial charge in [-0.15, -0.1) is 0 Å². The fraction of sp³-hybridized carbons (Fsp3) is 0.143. The van der Waals surface area contributed by atoms with Crippen molar-refractivity contribution in [2.75, 3.05) is 5.32 Å². The molecule has 2 N–H and O–H groups in total. The molecule has 0 fully saturated rings. The fourth-order valence-corrected chi connectivity index (χ4v) is 3.77. The van der Waals surface area contributed by atoms with E-state index >= 15 is 0 Å². The molecule has 0 bridgehead atoms. The molecule has 0 spiro atoms. The van der Waals surface area contributed by atoms with Gasteiger partial charge in [-0.05, 0) is 57.2 Å². The first kappa shape index (κ1) is 23.0. The Bertz CT molecular complexity index is 1560. The SMILES string of the molecule is CC(C)(C)OC(=O)c1cccc(-c2cc(C(=O)Nc3ncc(-c4ccco4)[nH]3)c3ccccc3n2)c1. The summed E-state index contributed by atoms with van der Waals surface area (Å²) in [5.74, 6) is 0.136. The summed E-state index contributed by atoms with van der Waals surface area (Å²) < 4.78 is 10.9. The van der Waals surface area contributed by atoms with Gasteiger partial charge in [-0.25, -0.2) is 14.8 Å². The van der Waals surface area contributed by atoms with Crippen LogP contribution in [-0.2, 0) is 4.74 Å². The molecule has 0 aliphatic carbocycles. The minimum Gasteiger partial charge on any atom is -0.463 e. The van der Waals surface area contributed by atoms with E-state index in [-0.39, 0.29) is 5.91 Å². The number of hydrogen-bond donors (Lipinski definition) is 2. The molecular weight excluding hydrogens is 456 g/mol. The van der Waals surface area contributed by atoms with E-state index in [9.17, 15) is 9.59 Å². The van der Waals surface area contributed by atoms with Gasteiger partial charge in [0.05, 0.1) is 34.8 Å². The molecule has 1 amide bonds. The average molecular weight is 481 g/mol. The summed E-state index contributed by atoms with van der Waals surface area (Å²) >= 11 is 0. The number of furan rings is 1. The van der Waals surface area contributed by atoms with Gasteiger partial charge in [-0.1, -0.05) is 30.3 Å². The van der Waals surface area contributed by atoms with Gasteiger partial charge in [0.1, 0.15) is 11.3 Å². The molecule has 0 aliphatic heterocycles. The van der Waals surface area contributed by atoms with Gasteiger partial charge in [0.15, 0.2) is 5.76 Å². The number of carbonyl (C=O) groups is 2.